The molecule has 6 nitrogen and oxygen atoms in total. The summed E-state index contributed by atoms with van der Waals surface area (Å²) in [6, 6.07) is 10.9. The normalized spacial score (nSPS) is 19.7. The molecule has 0 radical (unpaired) electrons. The van der Waals surface area contributed by atoms with Crippen molar-refractivity contribution in [3.05, 3.63) is 54.0 Å². The van der Waals surface area contributed by atoms with Crippen molar-refractivity contribution >= 4 is 15.7 Å². The predicted molar refractivity (Wildman–Crippen MR) is 112 cm³/mol. The lowest BCUT2D eigenvalue weighted by Gasteiger charge is -2.30. The number of amides is 1. The SMILES string of the molecule is C[C@@H](Oc1ccc(C(C)(C)C)cc1)C(=O)N(Cc1ccco1)[C@H]1CCS(=O)(=O)C1. The summed E-state index contributed by atoms with van der Waals surface area (Å²) in [4.78, 5) is 14.7. The van der Waals surface area contributed by atoms with Crippen LogP contribution in [0.15, 0.2) is 47.1 Å². The van der Waals surface area contributed by atoms with Gasteiger partial charge in [0.2, 0.25) is 0 Å². The van der Waals surface area contributed by atoms with Crippen LogP contribution < -0.4 is 4.74 Å². The minimum absolute atomic E-state index is 0.0214. The fourth-order valence-corrected chi connectivity index (χ4v) is 5.23. The smallest absolute Gasteiger partial charge is 0.264 e. The minimum atomic E-state index is -3.12. The topological polar surface area (TPSA) is 76.8 Å². The molecule has 3 rings (SSSR count). The molecule has 1 saturated heterocycles. The van der Waals surface area contributed by atoms with Crippen LogP contribution in [0.1, 0.15) is 45.4 Å². The third kappa shape index (κ3) is 5.41. The molecule has 0 aliphatic carbocycles. The molecule has 0 saturated carbocycles. The monoisotopic (exact) mass is 419 g/mol. The van der Waals surface area contributed by atoms with E-state index in [1.165, 1.54) is 5.56 Å². The Kier molecular flexibility index (Phi) is 6.08. The van der Waals surface area contributed by atoms with Crippen LogP contribution in [0.3, 0.4) is 0 Å². The number of sulfone groups is 1. The second kappa shape index (κ2) is 8.22. The van der Waals surface area contributed by atoms with Gasteiger partial charge in [-0.15, -0.1) is 0 Å². The summed E-state index contributed by atoms with van der Waals surface area (Å²) in [5.41, 5.74) is 1.22. The van der Waals surface area contributed by atoms with Crippen LogP contribution in [-0.4, -0.2) is 42.9 Å². The molecule has 1 aromatic carbocycles. The van der Waals surface area contributed by atoms with E-state index in [1.807, 2.05) is 24.3 Å². The van der Waals surface area contributed by atoms with Gasteiger partial charge in [-0.1, -0.05) is 32.9 Å². The number of rotatable bonds is 6. The first-order chi connectivity index (χ1) is 13.5. The lowest BCUT2D eigenvalue weighted by atomic mass is 9.87. The Morgan fingerprint density at radius 1 is 1.24 bits per heavy atom. The van der Waals surface area contributed by atoms with Crippen molar-refractivity contribution in [2.45, 2.75) is 58.2 Å². The zero-order valence-electron chi connectivity index (χ0n) is 17.4. The van der Waals surface area contributed by atoms with Gasteiger partial charge in [-0.2, -0.15) is 0 Å². The molecule has 0 unspecified atom stereocenters. The van der Waals surface area contributed by atoms with E-state index in [0.29, 0.717) is 17.9 Å². The van der Waals surface area contributed by atoms with Gasteiger partial charge in [0.1, 0.15) is 11.5 Å². The van der Waals surface area contributed by atoms with E-state index in [9.17, 15) is 13.2 Å². The van der Waals surface area contributed by atoms with Gasteiger partial charge in [0.15, 0.2) is 15.9 Å². The maximum atomic E-state index is 13.2. The first-order valence-corrected chi connectivity index (χ1v) is 11.7. The molecule has 0 spiro atoms. The molecular weight excluding hydrogens is 390 g/mol. The molecule has 0 bridgehead atoms. The van der Waals surface area contributed by atoms with Crippen molar-refractivity contribution in [3.63, 3.8) is 0 Å². The molecule has 1 aromatic heterocycles. The largest absolute Gasteiger partial charge is 0.481 e. The lowest BCUT2D eigenvalue weighted by molar-refractivity contribution is -0.140. The zero-order chi connectivity index (χ0) is 21.2. The summed E-state index contributed by atoms with van der Waals surface area (Å²) in [6.07, 6.45) is 1.23. The van der Waals surface area contributed by atoms with Gasteiger partial charge in [-0.05, 0) is 48.6 Å². The van der Waals surface area contributed by atoms with E-state index in [-0.39, 0.29) is 35.4 Å². The molecule has 1 aliphatic rings. The molecule has 2 heterocycles. The van der Waals surface area contributed by atoms with E-state index in [1.54, 1.807) is 30.2 Å². The van der Waals surface area contributed by atoms with Gasteiger partial charge >= 0.3 is 0 Å². The third-order valence-corrected chi connectivity index (χ3v) is 6.97. The zero-order valence-corrected chi connectivity index (χ0v) is 18.2. The second-order valence-corrected chi connectivity index (χ2v) is 10.9. The number of carbonyl (C=O) groups is 1. The maximum absolute atomic E-state index is 13.2. The van der Waals surface area contributed by atoms with Crippen LogP contribution in [0.25, 0.3) is 0 Å². The summed E-state index contributed by atoms with van der Waals surface area (Å²) < 4.78 is 35.2. The van der Waals surface area contributed by atoms with Crippen molar-refractivity contribution in [2.24, 2.45) is 0 Å². The highest BCUT2D eigenvalue weighted by Gasteiger charge is 2.37. The number of hydrogen-bond acceptors (Lipinski definition) is 5. The van der Waals surface area contributed by atoms with E-state index in [2.05, 4.69) is 20.8 Å². The number of ether oxygens (including phenoxy) is 1. The van der Waals surface area contributed by atoms with E-state index < -0.39 is 15.9 Å². The number of benzene rings is 1. The molecule has 1 amide bonds. The van der Waals surface area contributed by atoms with Crippen molar-refractivity contribution < 1.29 is 22.4 Å². The highest BCUT2D eigenvalue weighted by Crippen LogP contribution is 2.26. The van der Waals surface area contributed by atoms with Crippen molar-refractivity contribution in [1.82, 2.24) is 4.90 Å². The molecule has 2 atom stereocenters. The number of furan rings is 1. The highest BCUT2D eigenvalue weighted by atomic mass is 32.2. The number of hydrogen-bond donors (Lipinski definition) is 0. The summed E-state index contributed by atoms with van der Waals surface area (Å²) in [5, 5.41) is 0. The van der Waals surface area contributed by atoms with Crippen LogP contribution in [0.4, 0.5) is 0 Å². The Bertz CT molecular complexity index is 927. The van der Waals surface area contributed by atoms with E-state index >= 15 is 0 Å². The third-order valence-electron chi connectivity index (χ3n) is 5.22. The van der Waals surface area contributed by atoms with Crippen molar-refractivity contribution in [1.29, 1.82) is 0 Å². The maximum Gasteiger partial charge on any atom is 0.264 e. The summed E-state index contributed by atoms with van der Waals surface area (Å²) in [7, 11) is -3.12. The molecule has 29 heavy (non-hydrogen) atoms. The molecule has 1 fully saturated rings. The standard InChI is InChI=1S/C22H29NO5S/c1-16(28-19-9-7-17(8-10-19)22(2,3)4)21(24)23(14-20-6-5-12-27-20)18-11-13-29(25,26)15-18/h5-10,12,16,18H,11,13-15H2,1-4H3/t16-,18+/m1/s1. The first kappa shape index (κ1) is 21.4. The quantitative estimate of drug-likeness (QED) is 0.715. The summed E-state index contributed by atoms with van der Waals surface area (Å²) in [6.45, 7) is 8.33. The molecule has 7 heteroatoms. The fraction of sp³-hybridized carbons (Fsp3) is 0.500. The Morgan fingerprint density at radius 2 is 1.93 bits per heavy atom. The van der Waals surface area contributed by atoms with Gasteiger partial charge < -0.3 is 14.1 Å². The Hall–Kier alpha value is -2.28. The average molecular weight is 420 g/mol. The minimum Gasteiger partial charge on any atom is -0.481 e. The Balaban J connectivity index is 1.74. The molecule has 158 valence electrons. The van der Waals surface area contributed by atoms with Crippen LogP contribution in [0, 0.1) is 0 Å². The highest BCUT2D eigenvalue weighted by molar-refractivity contribution is 7.91. The molecular formula is C22H29NO5S. The average Bonchev–Trinajstić information content (AvgIpc) is 3.28. The molecule has 0 N–H and O–H groups in total. The van der Waals surface area contributed by atoms with Crippen LogP contribution in [0.5, 0.6) is 5.75 Å². The van der Waals surface area contributed by atoms with E-state index in [4.69, 9.17) is 9.15 Å². The Morgan fingerprint density at radius 3 is 2.45 bits per heavy atom. The number of carbonyl (C=O) groups excluding carboxylic acids is 1. The van der Waals surface area contributed by atoms with Crippen LogP contribution in [0.2, 0.25) is 0 Å². The Labute approximate surface area is 172 Å². The van der Waals surface area contributed by atoms with Crippen LogP contribution in [-0.2, 0) is 26.6 Å². The number of nitrogens with zero attached hydrogens (tertiary/aromatic N) is 1. The van der Waals surface area contributed by atoms with E-state index in [0.717, 1.165) is 0 Å². The lowest BCUT2D eigenvalue weighted by Crippen LogP contribution is -2.46. The second-order valence-electron chi connectivity index (χ2n) is 8.64. The first-order valence-electron chi connectivity index (χ1n) is 9.86. The van der Waals surface area contributed by atoms with Crippen LogP contribution >= 0.6 is 0 Å². The van der Waals surface area contributed by atoms with Gasteiger partial charge in [0.05, 0.1) is 24.3 Å². The predicted octanol–water partition coefficient (Wildman–Crippen LogP) is 3.56. The van der Waals surface area contributed by atoms with Crippen molar-refractivity contribution in [3.8, 4) is 5.75 Å². The van der Waals surface area contributed by atoms with Gasteiger partial charge in [-0.3, -0.25) is 4.79 Å². The van der Waals surface area contributed by atoms with Crippen molar-refractivity contribution in [2.75, 3.05) is 11.5 Å². The molecule has 2 aromatic rings. The summed E-state index contributed by atoms with van der Waals surface area (Å²) in [5.74, 6) is 1.05. The molecule has 1 aliphatic heterocycles. The van der Waals surface area contributed by atoms with Gasteiger partial charge in [-0.25, -0.2) is 8.42 Å². The van der Waals surface area contributed by atoms with Gasteiger partial charge in [0.25, 0.3) is 5.91 Å². The van der Waals surface area contributed by atoms with Gasteiger partial charge in [0, 0.05) is 6.04 Å². The summed E-state index contributed by atoms with van der Waals surface area (Å²) >= 11 is 0. The fourth-order valence-electron chi connectivity index (χ4n) is 3.50.